The smallest absolute Gasteiger partial charge is 0.325 e. The molecular formula is C15H18N2O4. The Labute approximate surface area is 123 Å². The first kappa shape index (κ1) is 16.5. The molecule has 0 radical (unpaired) electrons. The second-order valence-electron chi connectivity index (χ2n) is 4.29. The first-order valence-electron chi connectivity index (χ1n) is 6.58. The third-order valence-electron chi connectivity index (χ3n) is 2.75. The number of methoxy groups -OCH3 is 1. The predicted octanol–water partition coefficient (Wildman–Crippen LogP) is 1.35. The van der Waals surface area contributed by atoms with E-state index in [-0.39, 0.29) is 19.1 Å². The summed E-state index contributed by atoms with van der Waals surface area (Å²) in [4.78, 5) is 24.7. The van der Waals surface area contributed by atoms with E-state index in [1.807, 2.05) is 13.0 Å². The van der Waals surface area contributed by atoms with Crippen LogP contribution >= 0.6 is 0 Å². The van der Waals surface area contributed by atoms with Gasteiger partial charge in [-0.25, -0.2) is 0 Å². The van der Waals surface area contributed by atoms with E-state index in [1.165, 1.54) is 12.0 Å². The number of benzene rings is 1. The molecule has 1 aromatic carbocycles. The molecule has 0 heterocycles. The summed E-state index contributed by atoms with van der Waals surface area (Å²) in [6.07, 6.45) is 0.720. The number of carbonyl (C=O) groups excluding carboxylic acids is 2. The van der Waals surface area contributed by atoms with E-state index >= 15 is 0 Å². The first-order chi connectivity index (χ1) is 10.1. The molecule has 0 spiro atoms. The van der Waals surface area contributed by atoms with Gasteiger partial charge in [0.1, 0.15) is 18.4 Å². The predicted molar refractivity (Wildman–Crippen MR) is 75.5 cm³/mol. The summed E-state index contributed by atoms with van der Waals surface area (Å²) in [7, 11) is 1.27. The van der Waals surface area contributed by atoms with Gasteiger partial charge in [-0.05, 0) is 18.6 Å². The summed E-state index contributed by atoms with van der Waals surface area (Å²) in [5.74, 6) is -0.452. The summed E-state index contributed by atoms with van der Waals surface area (Å²) in [6.45, 7) is 2.02. The number of hydrogen-bond donors (Lipinski definition) is 0. The fourth-order valence-corrected chi connectivity index (χ4v) is 1.70. The zero-order valence-electron chi connectivity index (χ0n) is 12.2. The minimum Gasteiger partial charge on any atom is -0.482 e. The van der Waals surface area contributed by atoms with Gasteiger partial charge in [0.15, 0.2) is 6.61 Å². The molecule has 0 N–H and O–H groups in total. The Hall–Kier alpha value is -2.55. The number of carbonyl (C=O) groups is 2. The Morgan fingerprint density at radius 2 is 2.05 bits per heavy atom. The van der Waals surface area contributed by atoms with Crippen molar-refractivity contribution in [3.8, 4) is 11.8 Å². The number of hydrogen-bond acceptors (Lipinski definition) is 5. The first-order valence-corrected chi connectivity index (χ1v) is 6.58. The highest BCUT2D eigenvalue weighted by Crippen LogP contribution is 2.16. The van der Waals surface area contributed by atoms with Crippen LogP contribution in [0.4, 0.5) is 0 Å². The maximum absolute atomic E-state index is 12.1. The normalized spacial score (nSPS) is 9.57. The Morgan fingerprint density at radius 3 is 2.67 bits per heavy atom. The molecule has 1 rings (SSSR count). The van der Waals surface area contributed by atoms with Crippen LogP contribution in [0.2, 0.25) is 0 Å². The molecule has 0 saturated carbocycles. The average Bonchev–Trinajstić information content (AvgIpc) is 2.52. The lowest BCUT2D eigenvalue weighted by atomic mass is 10.2. The minimum absolute atomic E-state index is 0.105. The molecule has 0 fully saturated rings. The molecule has 0 bridgehead atoms. The molecule has 21 heavy (non-hydrogen) atoms. The molecule has 0 unspecified atom stereocenters. The van der Waals surface area contributed by atoms with Gasteiger partial charge in [-0.1, -0.05) is 19.1 Å². The Morgan fingerprint density at radius 1 is 1.33 bits per heavy atom. The van der Waals surface area contributed by atoms with E-state index in [0.717, 1.165) is 6.42 Å². The van der Waals surface area contributed by atoms with Crippen molar-refractivity contribution in [2.24, 2.45) is 0 Å². The third kappa shape index (κ3) is 5.15. The van der Waals surface area contributed by atoms with E-state index in [9.17, 15) is 9.59 Å². The maximum Gasteiger partial charge on any atom is 0.325 e. The van der Waals surface area contributed by atoms with Gasteiger partial charge in [-0.2, -0.15) is 5.26 Å². The third-order valence-corrected chi connectivity index (χ3v) is 2.75. The molecule has 6 nitrogen and oxygen atoms in total. The molecule has 112 valence electrons. The van der Waals surface area contributed by atoms with Crippen molar-refractivity contribution in [1.82, 2.24) is 4.90 Å². The fraction of sp³-hybridized carbons (Fsp3) is 0.400. The lowest BCUT2D eigenvalue weighted by molar-refractivity contribution is -0.147. The van der Waals surface area contributed by atoms with Crippen molar-refractivity contribution in [1.29, 1.82) is 5.26 Å². The summed E-state index contributed by atoms with van der Waals surface area (Å²) in [5.41, 5.74) is 0.361. The molecule has 0 aliphatic rings. The fourth-order valence-electron chi connectivity index (χ4n) is 1.70. The topological polar surface area (TPSA) is 79.6 Å². The number of ether oxygens (including phenoxy) is 2. The largest absolute Gasteiger partial charge is 0.482 e. The van der Waals surface area contributed by atoms with Crippen molar-refractivity contribution >= 4 is 11.9 Å². The second-order valence-corrected chi connectivity index (χ2v) is 4.29. The highest BCUT2D eigenvalue weighted by atomic mass is 16.5. The van der Waals surface area contributed by atoms with Crippen molar-refractivity contribution in [3.05, 3.63) is 29.8 Å². The summed E-state index contributed by atoms with van der Waals surface area (Å²) in [6, 6.07) is 8.66. The van der Waals surface area contributed by atoms with E-state index in [1.54, 1.807) is 24.3 Å². The molecule has 0 saturated heterocycles. The van der Waals surface area contributed by atoms with Crippen molar-refractivity contribution in [3.63, 3.8) is 0 Å². The summed E-state index contributed by atoms with van der Waals surface area (Å²) in [5, 5.41) is 8.94. The Bertz CT molecular complexity index is 537. The number of amides is 1. The number of nitriles is 1. The average molecular weight is 290 g/mol. The summed E-state index contributed by atoms with van der Waals surface area (Å²) >= 11 is 0. The van der Waals surface area contributed by atoms with Crippen molar-refractivity contribution in [2.75, 3.05) is 26.8 Å². The molecule has 0 aromatic heterocycles. The zero-order valence-corrected chi connectivity index (χ0v) is 12.2. The van der Waals surface area contributed by atoms with E-state index < -0.39 is 5.97 Å². The standard InChI is InChI=1S/C15H18N2O4/c1-3-8-17(10-15(19)20-2)14(18)11-21-13-7-5-4-6-12(13)9-16/h4-7H,3,8,10-11H2,1-2H3. The van der Waals surface area contributed by atoms with Crippen LogP contribution in [0.15, 0.2) is 24.3 Å². The molecule has 1 amide bonds. The molecule has 6 heteroatoms. The zero-order chi connectivity index (χ0) is 15.7. The highest BCUT2D eigenvalue weighted by Gasteiger charge is 2.17. The molecular weight excluding hydrogens is 272 g/mol. The molecule has 0 aliphatic heterocycles. The quantitative estimate of drug-likeness (QED) is 0.708. The van der Waals surface area contributed by atoms with E-state index in [2.05, 4.69) is 4.74 Å². The number of rotatable bonds is 7. The van der Waals surface area contributed by atoms with Gasteiger partial charge in [-0.15, -0.1) is 0 Å². The van der Waals surface area contributed by atoms with Crippen LogP contribution in [-0.2, 0) is 14.3 Å². The van der Waals surface area contributed by atoms with Gasteiger partial charge < -0.3 is 14.4 Å². The minimum atomic E-state index is -0.478. The van der Waals surface area contributed by atoms with Crippen LogP contribution in [0, 0.1) is 11.3 Å². The van der Waals surface area contributed by atoms with Crippen molar-refractivity contribution < 1.29 is 19.1 Å². The SMILES string of the molecule is CCCN(CC(=O)OC)C(=O)COc1ccccc1C#N. The lowest BCUT2D eigenvalue weighted by Gasteiger charge is -2.20. The number of nitrogens with zero attached hydrogens (tertiary/aromatic N) is 2. The number of para-hydroxylation sites is 1. The van der Waals surface area contributed by atoms with E-state index in [4.69, 9.17) is 10.00 Å². The second kappa shape index (κ2) is 8.59. The van der Waals surface area contributed by atoms with Gasteiger partial charge in [0.05, 0.1) is 12.7 Å². The van der Waals surface area contributed by atoms with Crippen LogP contribution in [0.25, 0.3) is 0 Å². The van der Waals surface area contributed by atoms with Gasteiger partial charge in [0.25, 0.3) is 5.91 Å². The van der Waals surface area contributed by atoms with Gasteiger partial charge in [-0.3, -0.25) is 9.59 Å². The maximum atomic E-state index is 12.1. The monoisotopic (exact) mass is 290 g/mol. The van der Waals surface area contributed by atoms with Crippen molar-refractivity contribution in [2.45, 2.75) is 13.3 Å². The molecule has 0 atom stereocenters. The Kier molecular flexibility index (Phi) is 6.75. The number of esters is 1. The summed E-state index contributed by atoms with van der Waals surface area (Å²) < 4.78 is 9.93. The van der Waals surface area contributed by atoms with Gasteiger partial charge >= 0.3 is 5.97 Å². The Balaban J connectivity index is 2.65. The molecule has 1 aromatic rings. The molecule has 0 aliphatic carbocycles. The van der Waals surface area contributed by atoms with Crippen LogP contribution in [0.5, 0.6) is 5.75 Å². The highest BCUT2D eigenvalue weighted by molar-refractivity contribution is 5.83. The van der Waals surface area contributed by atoms with Crippen LogP contribution in [0.1, 0.15) is 18.9 Å². The van der Waals surface area contributed by atoms with Crippen LogP contribution in [0.3, 0.4) is 0 Å². The van der Waals surface area contributed by atoms with Gasteiger partial charge in [0.2, 0.25) is 0 Å². The lowest BCUT2D eigenvalue weighted by Crippen LogP contribution is -2.39. The van der Waals surface area contributed by atoms with Crippen LogP contribution in [-0.4, -0.2) is 43.6 Å². The van der Waals surface area contributed by atoms with E-state index in [0.29, 0.717) is 17.9 Å². The van der Waals surface area contributed by atoms with Crippen LogP contribution < -0.4 is 4.74 Å². The van der Waals surface area contributed by atoms with Gasteiger partial charge in [0, 0.05) is 6.54 Å².